The van der Waals surface area contributed by atoms with E-state index >= 15 is 0 Å². The van der Waals surface area contributed by atoms with Gasteiger partial charge < -0.3 is 9.47 Å². The number of rotatable bonds is 4. The Hall–Kier alpha value is -1.63. The first-order valence-electron chi connectivity index (χ1n) is 7.92. The lowest BCUT2D eigenvalue weighted by molar-refractivity contribution is -0.0959. The molecular weight excluding hydrogens is 274 g/mol. The molecule has 0 radical (unpaired) electrons. The van der Waals surface area contributed by atoms with Crippen molar-refractivity contribution >= 4 is 0 Å². The van der Waals surface area contributed by atoms with Crippen LogP contribution >= 0.6 is 0 Å². The van der Waals surface area contributed by atoms with Gasteiger partial charge in [-0.3, -0.25) is 0 Å². The van der Waals surface area contributed by atoms with E-state index in [-0.39, 0.29) is 17.3 Å². The highest BCUT2D eigenvalue weighted by Gasteiger charge is 2.63. The normalized spacial score (nSPS) is 33.4. The summed E-state index contributed by atoms with van der Waals surface area (Å²) in [6, 6.07) is 9.78. The minimum absolute atomic E-state index is 0.101. The second-order valence-corrected chi connectivity index (χ2v) is 6.94. The van der Waals surface area contributed by atoms with Crippen LogP contribution in [0.4, 0.5) is 0 Å². The van der Waals surface area contributed by atoms with Gasteiger partial charge in [0, 0.05) is 0 Å². The molecule has 3 heteroatoms. The Bertz CT molecular complexity index is 645. The Morgan fingerprint density at radius 2 is 2.14 bits per heavy atom. The van der Waals surface area contributed by atoms with Crippen molar-refractivity contribution in [3.05, 3.63) is 47.5 Å². The van der Waals surface area contributed by atoms with Crippen molar-refractivity contribution in [2.75, 3.05) is 0 Å². The van der Waals surface area contributed by atoms with Gasteiger partial charge in [-0.2, -0.15) is 5.26 Å². The molecule has 2 aliphatic rings. The third kappa shape index (κ3) is 2.10. The number of fused-ring (bicyclic) bond motifs is 2. The number of nitriles is 1. The zero-order chi connectivity index (χ0) is 16.0. The molecule has 22 heavy (non-hydrogen) atoms. The molecule has 3 rings (SSSR count). The molecule has 2 aliphatic heterocycles. The van der Waals surface area contributed by atoms with Crippen LogP contribution in [-0.2, 0) is 16.1 Å². The molecule has 2 heterocycles. The smallest absolute Gasteiger partial charge is 0.110 e. The Balaban J connectivity index is 1.79. The minimum atomic E-state index is -0.289. The first-order chi connectivity index (χ1) is 10.4. The van der Waals surface area contributed by atoms with Crippen LogP contribution in [0.1, 0.15) is 44.7 Å². The van der Waals surface area contributed by atoms with Crippen LogP contribution in [0.3, 0.4) is 0 Å². The average Bonchev–Trinajstić information content (AvgIpc) is 2.97. The van der Waals surface area contributed by atoms with Gasteiger partial charge in [-0.25, -0.2) is 0 Å². The van der Waals surface area contributed by atoms with Crippen molar-refractivity contribution in [3.63, 3.8) is 0 Å². The second-order valence-electron chi connectivity index (χ2n) is 6.94. The quantitative estimate of drug-likeness (QED) is 0.789. The van der Waals surface area contributed by atoms with Crippen LogP contribution in [0.2, 0.25) is 0 Å². The van der Waals surface area contributed by atoms with Crippen molar-refractivity contribution in [2.45, 2.75) is 57.5 Å². The minimum Gasteiger partial charge on any atom is -0.366 e. The van der Waals surface area contributed by atoms with Gasteiger partial charge in [-0.1, -0.05) is 38.6 Å². The number of nitrogens with zero attached hydrogens (tertiary/aromatic N) is 1. The summed E-state index contributed by atoms with van der Waals surface area (Å²) in [5.41, 5.74) is 2.12. The molecule has 3 atom stereocenters. The van der Waals surface area contributed by atoms with E-state index in [4.69, 9.17) is 9.47 Å². The van der Waals surface area contributed by atoms with Gasteiger partial charge >= 0.3 is 0 Å². The molecule has 2 fully saturated rings. The molecule has 0 saturated carbocycles. The maximum Gasteiger partial charge on any atom is 0.110 e. The molecule has 1 aromatic carbocycles. The van der Waals surface area contributed by atoms with Gasteiger partial charge in [0.15, 0.2) is 0 Å². The third-order valence-electron chi connectivity index (χ3n) is 5.30. The molecule has 0 aliphatic carbocycles. The largest absolute Gasteiger partial charge is 0.366 e. The van der Waals surface area contributed by atoms with Crippen LogP contribution < -0.4 is 0 Å². The second kappa shape index (κ2) is 5.22. The summed E-state index contributed by atoms with van der Waals surface area (Å²) in [5.74, 6) is 0.391. The zero-order valence-electron chi connectivity index (χ0n) is 13.6. The maximum absolute atomic E-state index is 9.18. The highest BCUT2D eigenvalue weighted by atomic mass is 16.6. The molecule has 116 valence electrons. The first-order valence-corrected chi connectivity index (χ1v) is 7.92. The number of ether oxygens (including phenoxy) is 2. The third-order valence-corrected chi connectivity index (χ3v) is 5.30. The average molecular weight is 297 g/mol. The van der Waals surface area contributed by atoms with E-state index in [0.717, 1.165) is 24.0 Å². The summed E-state index contributed by atoms with van der Waals surface area (Å²) < 4.78 is 12.6. The molecule has 0 unspecified atom stereocenters. The summed E-state index contributed by atoms with van der Waals surface area (Å²) >= 11 is 0. The van der Waals surface area contributed by atoms with Crippen LogP contribution in [0, 0.1) is 17.2 Å². The summed E-state index contributed by atoms with van der Waals surface area (Å²) in [7, 11) is 0. The highest BCUT2D eigenvalue weighted by Crippen LogP contribution is 2.57. The fourth-order valence-corrected chi connectivity index (χ4v) is 3.94. The predicted molar refractivity (Wildman–Crippen MR) is 85.2 cm³/mol. The van der Waals surface area contributed by atoms with Crippen molar-refractivity contribution in [2.24, 2.45) is 5.92 Å². The van der Waals surface area contributed by atoms with Crippen LogP contribution in [-0.4, -0.2) is 17.3 Å². The summed E-state index contributed by atoms with van der Waals surface area (Å²) in [6.07, 6.45) is 1.92. The van der Waals surface area contributed by atoms with E-state index in [1.54, 1.807) is 0 Å². The molecule has 0 aromatic heterocycles. The van der Waals surface area contributed by atoms with Crippen LogP contribution in [0.25, 0.3) is 0 Å². The Morgan fingerprint density at radius 3 is 2.77 bits per heavy atom. The maximum atomic E-state index is 9.18. The van der Waals surface area contributed by atoms with E-state index in [0.29, 0.717) is 18.1 Å². The number of hydrogen-bond donors (Lipinski definition) is 0. The SMILES string of the molecule is C=C1[C@@H](OCc2ccccc2C#N)[C@]2(C)CC[C@@]1(C(C)C)O2. The molecule has 3 nitrogen and oxygen atoms in total. The van der Waals surface area contributed by atoms with Crippen molar-refractivity contribution in [1.29, 1.82) is 5.26 Å². The van der Waals surface area contributed by atoms with Crippen molar-refractivity contribution in [1.82, 2.24) is 0 Å². The fourth-order valence-electron chi connectivity index (χ4n) is 3.94. The zero-order valence-corrected chi connectivity index (χ0v) is 13.6. The molecule has 2 saturated heterocycles. The van der Waals surface area contributed by atoms with Crippen molar-refractivity contribution in [3.8, 4) is 6.07 Å². The monoisotopic (exact) mass is 297 g/mol. The highest BCUT2D eigenvalue weighted by molar-refractivity contribution is 5.37. The Morgan fingerprint density at radius 1 is 1.41 bits per heavy atom. The molecule has 0 N–H and O–H groups in total. The number of hydrogen-bond acceptors (Lipinski definition) is 3. The lowest BCUT2D eigenvalue weighted by Crippen LogP contribution is -2.40. The topological polar surface area (TPSA) is 42.2 Å². The molecule has 0 spiro atoms. The molecule has 0 amide bonds. The van der Waals surface area contributed by atoms with Gasteiger partial charge in [0.05, 0.1) is 29.4 Å². The molecule has 2 bridgehead atoms. The van der Waals surface area contributed by atoms with E-state index < -0.39 is 0 Å². The fraction of sp³-hybridized carbons (Fsp3) is 0.526. The van der Waals surface area contributed by atoms with Gasteiger partial charge in [-0.05, 0) is 42.9 Å². The van der Waals surface area contributed by atoms with Crippen LogP contribution in [0.15, 0.2) is 36.4 Å². The number of benzene rings is 1. The van der Waals surface area contributed by atoms with Crippen LogP contribution in [0.5, 0.6) is 0 Å². The van der Waals surface area contributed by atoms with Gasteiger partial charge in [-0.15, -0.1) is 0 Å². The lowest BCUT2D eigenvalue weighted by Gasteiger charge is -2.34. The van der Waals surface area contributed by atoms with Gasteiger partial charge in [0.2, 0.25) is 0 Å². The Kier molecular flexibility index (Phi) is 3.63. The first kappa shape index (κ1) is 15.3. The predicted octanol–water partition coefficient (Wildman–Crippen LogP) is 3.98. The summed E-state index contributed by atoms with van der Waals surface area (Å²) in [6.45, 7) is 11.2. The molecular formula is C19H23NO2. The summed E-state index contributed by atoms with van der Waals surface area (Å²) in [4.78, 5) is 0. The van der Waals surface area contributed by atoms with Gasteiger partial charge in [0.1, 0.15) is 6.10 Å². The molecule has 1 aromatic rings. The van der Waals surface area contributed by atoms with E-state index in [2.05, 4.69) is 33.4 Å². The van der Waals surface area contributed by atoms with Gasteiger partial charge in [0.25, 0.3) is 0 Å². The lowest BCUT2D eigenvalue weighted by atomic mass is 9.72. The van der Waals surface area contributed by atoms with E-state index in [1.807, 2.05) is 24.3 Å². The Labute approximate surface area is 132 Å². The summed E-state index contributed by atoms with van der Waals surface area (Å²) in [5, 5.41) is 9.18. The van der Waals surface area contributed by atoms with E-state index in [1.165, 1.54) is 0 Å². The standard InChI is InChI=1S/C19H23NO2/c1-13(2)19-10-9-18(4,22-19)17(14(19)3)21-12-16-8-6-5-7-15(16)11-20/h5-8,13,17H,3,9-10,12H2,1-2,4H3/t17-,18+,19+/m1/s1. The van der Waals surface area contributed by atoms with Crippen molar-refractivity contribution < 1.29 is 9.47 Å². The van der Waals surface area contributed by atoms with E-state index in [9.17, 15) is 5.26 Å².